The maximum atomic E-state index is 13.5. The van der Waals surface area contributed by atoms with Crippen molar-refractivity contribution in [1.82, 2.24) is 0 Å². The van der Waals surface area contributed by atoms with E-state index < -0.39 is 11.6 Å². The molecule has 1 aliphatic rings. The summed E-state index contributed by atoms with van der Waals surface area (Å²) in [4.78, 5) is 11.8. The zero-order chi connectivity index (χ0) is 13.1. The minimum atomic E-state index is -0.877. The topological polar surface area (TPSA) is 64.3 Å². The van der Waals surface area contributed by atoms with Gasteiger partial charge in [0.2, 0.25) is 5.91 Å². The summed E-state index contributed by atoms with van der Waals surface area (Å²) in [6.45, 7) is 0.950. The lowest BCUT2D eigenvalue weighted by Crippen LogP contribution is -2.30. The van der Waals surface area contributed by atoms with E-state index in [1.807, 2.05) is 0 Å². The maximum absolute atomic E-state index is 13.5. The molecule has 6 heteroatoms. The lowest BCUT2D eigenvalue weighted by molar-refractivity contribution is -0.123. The maximum Gasteiger partial charge on any atom is 0.229 e. The highest BCUT2D eigenvalue weighted by Crippen LogP contribution is 2.25. The number of benzene rings is 1. The minimum Gasteiger partial charge on any atom is -0.397 e. The number of carbonyl (C=O) groups is 1. The monoisotopic (exact) mass is 256 g/mol. The van der Waals surface area contributed by atoms with Crippen LogP contribution < -0.4 is 11.1 Å². The van der Waals surface area contributed by atoms with Gasteiger partial charge in [0, 0.05) is 12.7 Å². The second-order valence-corrected chi connectivity index (χ2v) is 4.26. The Hall–Kier alpha value is -1.69. The van der Waals surface area contributed by atoms with E-state index in [1.165, 1.54) is 0 Å². The molecule has 3 N–H and O–H groups in total. The molecule has 0 saturated carbocycles. The number of anilines is 2. The highest BCUT2D eigenvalue weighted by atomic mass is 19.1. The van der Waals surface area contributed by atoms with Crippen LogP contribution in [0.15, 0.2) is 12.1 Å². The number of nitrogens with one attached hydrogen (secondary N) is 1. The number of halogens is 2. The fraction of sp³-hybridized carbons (Fsp3) is 0.417. The molecular weight excluding hydrogens is 242 g/mol. The number of hydrogen-bond acceptors (Lipinski definition) is 3. The van der Waals surface area contributed by atoms with Crippen LogP contribution in [0.25, 0.3) is 0 Å². The van der Waals surface area contributed by atoms with E-state index in [2.05, 4.69) is 5.32 Å². The molecule has 0 radical (unpaired) electrons. The third-order valence-corrected chi connectivity index (χ3v) is 2.86. The molecule has 1 heterocycles. The van der Waals surface area contributed by atoms with Crippen LogP contribution in [0.4, 0.5) is 20.2 Å². The van der Waals surface area contributed by atoms with Gasteiger partial charge in [-0.25, -0.2) is 8.78 Å². The Morgan fingerprint density at radius 1 is 1.44 bits per heavy atom. The number of ether oxygens (including phenoxy) is 1. The Kier molecular flexibility index (Phi) is 3.76. The van der Waals surface area contributed by atoms with E-state index >= 15 is 0 Å². The summed E-state index contributed by atoms with van der Waals surface area (Å²) in [5.41, 5.74) is 5.17. The van der Waals surface area contributed by atoms with Crippen LogP contribution in [0.5, 0.6) is 0 Å². The Balaban J connectivity index is 2.11. The van der Waals surface area contributed by atoms with Crippen LogP contribution in [-0.2, 0) is 9.53 Å². The molecule has 0 spiro atoms. The first-order valence-electron chi connectivity index (χ1n) is 5.71. The molecule has 4 nitrogen and oxygen atoms in total. The molecule has 1 unspecified atom stereocenters. The summed E-state index contributed by atoms with van der Waals surface area (Å²) in [6.07, 6.45) is 1.48. The molecule has 1 atom stereocenters. The van der Waals surface area contributed by atoms with Crippen molar-refractivity contribution in [3.05, 3.63) is 23.8 Å². The normalized spacial score (nSPS) is 19.6. The Morgan fingerprint density at radius 3 is 2.83 bits per heavy atom. The van der Waals surface area contributed by atoms with E-state index in [9.17, 15) is 13.6 Å². The summed E-state index contributed by atoms with van der Waals surface area (Å²) in [5, 5.41) is 2.39. The van der Waals surface area contributed by atoms with Gasteiger partial charge >= 0.3 is 0 Å². The van der Waals surface area contributed by atoms with E-state index in [4.69, 9.17) is 10.5 Å². The fourth-order valence-corrected chi connectivity index (χ4v) is 1.90. The second kappa shape index (κ2) is 5.30. The van der Waals surface area contributed by atoms with Gasteiger partial charge in [-0.15, -0.1) is 0 Å². The van der Waals surface area contributed by atoms with E-state index in [1.54, 1.807) is 0 Å². The van der Waals surface area contributed by atoms with Crippen molar-refractivity contribution in [3.63, 3.8) is 0 Å². The second-order valence-electron chi connectivity index (χ2n) is 4.26. The lowest BCUT2D eigenvalue weighted by Gasteiger charge is -2.21. The molecular formula is C12H14F2N2O2. The number of hydrogen-bond donors (Lipinski definition) is 2. The molecule has 0 aromatic heterocycles. The summed E-state index contributed by atoms with van der Waals surface area (Å²) in [5.74, 6) is -2.32. The smallest absolute Gasteiger partial charge is 0.229 e. The quantitative estimate of drug-likeness (QED) is 0.794. The van der Waals surface area contributed by atoms with Crippen LogP contribution in [-0.4, -0.2) is 19.1 Å². The Morgan fingerprint density at radius 2 is 2.22 bits per heavy atom. The largest absolute Gasteiger partial charge is 0.397 e. The first-order chi connectivity index (χ1) is 8.58. The molecule has 1 saturated heterocycles. The van der Waals surface area contributed by atoms with E-state index in [0.29, 0.717) is 25.7 Å². The minimum absolute atomic E-state index is 0.127. The Bertz CT molecular complexity index is 436. The third kappa shape index (κ3) is 2.76. The van der Waals surface area contributed by atoms with Crippen LogP contribution in [0.2, 0.25) is 0 Å². The molecule has 1 aromatic rings. The third-order valence-electron chi connectivity index (χ3n) is 2.86. The molecule has 18 heavy (non-hydrogen) atoms. The zero-order valence-corrected chi connectivity index (χ0v) is 9.71. The number of rotatable bonds is 2. The standard InChI is InChI=1S/C12H14F2N2O2/c13-8-4-9(14)11(10(15)5-8)16-12(17)7-2-1-3-18-6-7/h4-5,7H,1-3,6,15H2,(H,16,17). The summed E-state index contributed by atoms with van der Waals surface area (Å²) in [6, 6.07) is 1.65. The van der Waals surface area contributed by atoms with Crippen molar-refractivity contribution in [2.75, 3.05) is 24.3 Å². The highest BCUT2D eigenvalue weighted by Gasteiger charge is 2.23. The van der Waals surface area contributed by atoms with Crippen LogP contribution in [0.3, 0.4) is 0 Å². The molecule has 0 aliphatic carbocycles. The molecule has 1 amide bonds. The molecule has 2 rings (SSSR count). The molecule has 1 fully saturated rings. The molecule has 0 bridgehead atoms. The number of nitrogen functional groups attached to an aromatic ring is 1. The van der Waals surface area contributed by atoms with Gasteiger partial charge in [0.25, 0.3) is 0 Å². The first kappa shape index (κ1) is 12.8. The van der Waals surface area contributed by atoms with Crippen molar-refractivity contribution < 1.29 is 18.3 Å². The van der Waals surface area contributed by atoms with Crippen LogP contribution in [0, 0.1) is 17.6 Å². The van der Waals surface area contributed by atoms with Gasteiger partial charge in [0.1, 0.15) is 11.5 Å². The zero-order valence-electron chi connectivity index (χ0n) is 9.71. The van der Waals surface area contributed by atoms with E-state index in [0.717, 1.165) is 12.5 Å². The Labute approximate surface area is 103 Å². The average Bonchev–Trinajstić information content (AvgIpc) is 2.34. The first-order valence-corrected chi connectivity index (χ1v) is 5.71. The van der Waals surface area contributed by atoms with Crippen molar-refractivity contribution in [2.45, 2.75) is 12.8 Å². The van der Waals surface area contributed by atoms with Gasteiger partial charge in [-0.05, 0) is 18.9 Å². The van der Waals surface area contributed by atoms with Gasteiger partial charge in [-0.3, -0.25) is 4.79 Å². The van der Waals surface area contributed by atoms with Gasteiger partial charge in [-0.2, -0.15) is 0 Å². The van der Waals surface area contributed by atoms with Crippen molar-refractivity contribution in [1.29, 1.82) is 0 Å². The number of amides is 1. The lowest BCUT2D eigenvalue weighted by atomic mass is 10.0. The fourth-order valence-electron chi connectivity index (χ4n) is 1.90. The number of carbonyl (C=O) groups excluding carboxylic acids is 1. The van der Waals surface area contributed by atoms with E-state index in [-0.39, 0.29) is 23.2 Å². The average molecular weight is 256 g/mol. The van der Waals surface area contributed by atoms with Crippen molar-refractivity contribution >= 4 is 17.3 Å². The summed E-state index contributed by atoms with van der Waals surface area (Å²) >= 11 is 0. The SMILES string of the molecule is Nc1cc(F)cc(F)c1NC(=O)C1CCCOC1. The van der Waals surface area contributed by atoms with Crippen LogP contribution in [0.1, 0.15) is 12.8 Å². The highest BCUT2D eigenvalue weighted by molar-refractivity contribution is 5.95. The van der Waals surface area contributed by atoms with Crippen molar-refractivity contribution in [2.24, 2.45) is 5.92 Å². The summed E-state index contributed by atoms with van der Waals surface area (Å²) < 4.78 is 31.5. The van der Waals surface area contributed by atoms with Gasteiger partial charge in [-0.1, -0.05) is 0 Å². The molecule has 1 aromatic carbocycles. The number of nitrogens with two attached hydrogens (primary N) is 1. The predicted molar refractivity (Wildman–Crippen MR) is 62.9 cm³/mol. The van der Waals surface area contributed by atoms with Gasteiger partial charge in [0.15, 0.2) is 5.82 Å². The molecule has 1 aliphatic heterocycles. The van der Waals surface area contributed by atoms with Crippen LogP contribution >= 0.6 is 0 Å². The molecule has 98 valence electrons. The summed E-state index contributed by atoms with van der Waals surface area (Å²) in [7, 11) is 0. The van der Waals surface area contributed by atoms with Gasteiger partial charge < -0.3 is 15.8 Å². The van der Waals surface area contributed by atoms with Crippen molar-refractivity contribution in [3.8, 4) is 0 Å². The van der Waals surface area contributed by atoms with Gasteiger partial charge in [0.05, 0.1) is 18.2 Å². The predicted octanol–water partition coefficient (Wildman–Crippen LogP) is 1.91.